The fourth-order valence-electron chi connectivity index (χ4n) is 2.12. The van der Waals surface area contributed by atoms with Crippen LogP contribution < -0.4 is 10.1 Å². The lowest BCUT2D eigenvalue weighted by molar-refractivity contribution is -0.118. The highest BCUT2D eigenvalue weighted by Crippen LogP contribution is 2.16. The molecule has 0 unspecified atom stereocenters. The van der Waals surface area contributed by atoms with E-state index >= 15 is 0 Å². The van der Waals surface area contributed by atoms with Gasteiger partial charge in [-0.05, 0) is 67.8 Å². The van der Waals surface area contributed by atoms with Gasteiger partial charge in [0.2, 0.25) is 0 Å². The summed E-state index contributed by atoms with van der Waals surface area (Å²) in [5.41, 5.74) is 3.34. The van der Waals surface area contributed by atoms with Crippen LogP contribution in [0.5, 0.6) is 5.75 Å². The van der Waals surface area contributed by atoms with Crippen LogP contribution in [-0.4, -0.2) is 25.1 Å². The summed E-state index contributed by atoms with van der Waals surface area (Å²) in [5.74, 6) is 0.0320. The summed E-state index contributed by atoms with van der Waals surface area (Å²) in [6.45, 7) is 6.27. The van der Waals surface area contributed by atoms with Crippen LogP contribution in [0.15, 0.2) is 42.5 Å². The Morgan fingerprint density at radius 2 is 1.72 bits per heavy atom. The summed E-state index contributed by atoms with van der Waals surface area (Å²) >= 11 is 0. The van der Waals surface area contributed by atoms with Gasteiger partial charge in [0.15, 0.2) is 6.61 Å². The first-order chi connectivity index (χ1) is 12.0. The number of carbonyl (C=O) groups is 2. The van der Waals surface area contributed by atoms with Gasteiger partial charge in [-0.25, -0.2) is 4.79 Å². The number of benzene rings is 2. The molecule has 0 atom stereocenters. The number of hydrogen-bond acceptors (Lipinski definition) is 4. The molecule has 1 amide bonds. The maximum Gasteiger partial charge on any atom is 0.338 e. The van der Waals surface area contributed by atoms with Crippen molar-refractivity contribution in [2.24, 2.45) is 0 Å². The third-order valence-electron chi connectivity index (χ3n) is 3.69. The lowest BCUT2D eigenvalue weighted by Crippen LogP contribution is -2.20. The minimum Gasteiger partial charge on any atom is -0.484 e. The van der Waals surface area contributed by atoms with Gasteiger partial charge in [0, 0.05) is 5.69 Å². The zero-order valence-electron chi connectivity index (χ0n) is 14.8. The number of carbonyl (C=O) groups excluding carboxylic acids is 2. The number of nitrogens with one attached hydrogen (secondary N) is 1. The lowest BCUT2D eigenvalue weighted by atomic mass is 10.1. The second-order valence-electron chi connectivity index (χ2n) is 5.80. The van der Waals surface area contributed by atoms with E-state index in [1.165, 1.54) is 5.56 Å². The molecule has 2 aromatic rings. The molecular formula is C20H23NO4. The molecule has 0 spiro atoms. The fraction of sp³-hybridized carbons (Fsp3) is 0.300. The van der Waals surface area contributed by atoms with Crippen molar-refractivity contribution in [2.45, 2.75) is 27.2 Å². The Balaban J connectivity index is 1.85. The van der Waals surface area contributed by atoms with Crippen molar-refractivity contribution < 1.29 is 19.1 Å². The Morgan fingerprint density at radius 1 is 1.00 bits per heavy atom. The lowest BCUT2D eigenvalue weighted by Gasteiger charge is -2.09. The molecule has 25 heavy (non-hydrogen) atoms. The van der Waals surface area contributed by atoms with Crippen molar-refractivity contribution in [1.29, 1.82) is 0 Å². The van der Waals surface area contributed by atoms with E-state index in [4.69, 9.17) is 9.47 Å². The molecule has 2 rings (SSSR count). The second kappa shape index (κ2) is 8.87. The average Bonchev–Trinajstić information content (AvgIpc) is 2.61. The van der Waals surface area contributed by atoms with Crippen LogP contribution in [-0.2, 0) is 9.53 Å². The van der Waals surface area contributed by atoms with Crippen molar-refractivity contribution in [1.82, 2.24) is 0 Å². The van der Waals surface area contributed by atoms with Crippen LogP contribution in [0.25, 0.3) is 0 Å². The van der Waals surface area contributed by atoms with Crippen LogP contribution in [0.3, 0.4) is 0 Å². The number of hydrogen-bond donors (Lipinski definition) is 1. The molecule has 5 nitrogen and oxygen atoms in total. The first-order valence-electron chi connectivity index (χ1n) is 8.26. The summed E-state index contributed by atoms with van der Waals surface area (Å²) in [4.78, 5) is 23.7. The van der Waals surface area contributed by atoms with Crippen LogP contribution in [0.1, 0.15) is 34.8 Å². The summed E-state index contributed by atoms with van der Waals surface area (Å²) in [6, 6.07) is 12.3. The molecular weight excluding hydrogens is 318 g/mol. The Morgan fingerprint density at radius 3 is 2.36 bits per heavy atom. The van der Waals surface area contributed by atoms with Crippen molar-refractivity contribution in [3.63, 3.8) is 0 Å². The van der Waals surface area contributed by atoms with Gasteiger partial charge < -0.3 is 14.8 Å². The molecule has 5 heteroatoms. The second-order valence-corrected chi connectivity index (χ2v) is 5.80. The predicted molar refractivity (Wildman–Crippen MR) is 97.1 cm³/mol. The smallest absolute Gasteiger partial charge is 0.338 e. The van der Waals surface area contributed by atoms with E-state index in [0.29, 0.717) is 23.6 Å². The van der Waals surface area contributed by atoms with E-state index in [0.717, 1.165) is 12.0 Å². The SMILES string of the molecule is CCCOC(=O)c1ccc(NC(=O)COc2ccc(C)c(C)c2)cc1. The summed E-state index contributed by atoms with van der Waals surface area (Å²) in [5, 5.41) is 2.73. The highest BCUT2D eigenvalue weighted by molar-refractivity contribution is 5.93. The third-order valence-corrected chi connectivity index (χ3v) is 3.69. The van der Waals surface area contributed by atoms with Gasteiger partial charge in [0.05, 0.1) is 12.2 Å². The largest absolute Gasteiger partial charge is 0.484 e. The topological polar surface area (TPSA) is 64.6 Å². The van der Waals surface area contributed by atoms with E-state index in [1.807, 2.05) is 39.0 Å². The first kappa shape index (κ1) is 18.5. The highest BCUT2D eigenvalue weighted by Gasteiger charge is 2.08. The van der Waals surface area contributed by atoms with Gasteiger partial charge in [-0.3, -0.25) is 4.79 Å². The maximum absolute atomic E-state index is 12.0. The van der Waals surface area contributed by atoms with Crippen LogP contribution in [0, 0.1) is 13.8 Å². The molecule has 2 aromatic carbocycles. The van der Waals surface area contributed by atoms with Gasteiger partial charge in [-0.15, -0.1) is 0 Å². The predicted octanol–water partition coefficient (Wildman–Crippen LogP) is 3.89. The van der Waals surface area contributed by atoms with Gasteiger partial charge in [0.1, 0.15) is 5.75 Å². The molecule has 0 aliphatic heterocycles. The molecule has 0 aliphatic rings. The molecule has 0 heterocycles. The van der Waals surface area contributed by atoms with Crippen LogP contribution >= 0.6 is 0 Å². The number of esters is 1. The van der Waals surface area contributed by atoms with Crippen molar-refractivity contribution in [3.05, 3.63) is 59.2 Å². The first-order valence-corrected chi connectivity index (χ1v) is 8.26. The third kappa shape index (κ3) is 5.64. The molecule has 0 saturated carbocycles. The minimum atomic E-state index is -0.363. The van der Waals surface area contributed by atoms with Crippen molar-refractivity contribution in [3.8, 4) is 5.75 Å². The number of amides is 1. The quantitative estimate of drug-likeness (QED) is 0.776. The van der Waals surface area contributed by atoms with E-state index in [9.17, 15) is 9.59 Å². The number of ether oxygens (including phenoxy) is 2. The zero-order valence-corrected chi connectivity index (χ0v) is 14.8. The summed E-state index contributed by atoms with van der Waals surface area (Å²) in [6.07, 6.45) is 0.778. The van der Waals surface area contributed by atoms with Crippen molar-refractivity contribution >= 4 is 17.6 Å². The summed E-state index contributed by atoms with van der Waals surface area (Å²) in [7, 11) is 0. The van der Waals surface area contributed by atoms with Gasteiger partial charge in [-0.2, -0.15) is 0 Å². The van der Waals surface area contributed by atoms with E-state index in [1.54, 1.807) is 24.3 Å². The number of rotatable bonds is 7. The fourth-order valence-corrected chi connectivity index (χ4v) is 2.12. The van der Waals surface area contributed by atoms with Gasteiger partial charge >= 0.3 is 5.97 Å². The van der Waals surface area contributed by atoms with E-state index in [2.05, 4.69) is 5.32 Å². The monoisotopic (exact) mass is 341 g/mol. The van der Waals surface area contributed by atoms with E-state index in [-0.39, 0.29) is 18.5 Å². The summed E-state index contributed by atoms with van der Waals surface area (Å²) < 4.78 is 10.6. The van der Waals surface area contributed by atoms with Gasteiger partial charge in [-0.1, -0.05) is 13.0 Å². The molecule has 0 fully saturated rings. The molecule has 0 aliphatic carbocycles. The van der Waals surface area contributed by atoms with E-state index < -0.39 is 0 Å². The minimum absolute atomic E-state index is 0.0806. The van der Waals surface area contributed by atoms with Gasteiger partial charge in [0.25, 0.3) is 5.91 Å². The Kier molecular flexibility index (Phi) is 6.57. The average molecular weight is 341 g/mol. The van der Waals surface area contributed by atoms with Crippen molar-refractivity contribution in [2.75, 3.05) is 18.5 Å². The Labute approximate surface area is 148 Å². The molecule has 0 aromatic heterocycles. The molecule has 0 bridgehead atoms. The van der Waals surface area contributed by atoms with Crippen LogP contribution in [0.4, 0.5) is 5.69 Å². The number of aryl methyl sites for hydroxylation is 2. The Hall–Kier alpha value is -2.82. The molecule has 0 radical (unpaired) electrons. The molecule has 132 valence electrons. The maximum atomic E-state index is 12.0. The molecule has 0 saturated heterocycles. The molecule has 1 N–H and O–H groups in total. The van der Waals surface area contributed by atoms with Crippen LogP contribution in [0.2, 0.25) is 0 Å². The highest BCUT2D eigenvalue weighted by atomic mass is 16.5. The number of anilines is 1. The Bertz CT molecular complexity index is 738. The zero-order chi connectivity index (χ0) is 18.2. The standard InChI is InChI=1S/C20H23NO4/c1-4-11-24-20(23)16-6-8-17(9-7-16)21-19(22)13-25-18-10-5-14(2)15(3)12-18/h5-10,12H,4,11,13H2,1-3H3,(H,21,22). The normalized spacial score (nSPS) is 10.2.